The Morgan fingerprint density at radius 1 is 0.889 bits per heavy atom. The Hall–Kier alpha value is -0.480. The van der Waals surface area contributed by atoms with E-state index >= 15 is 0 Å². The molecule has 1 aliphatic carbocycles. The molecule has 18 heavy (non-hydrogen) atoms. The molecule has 1 aliphatic rings. The second kappa shape index (κ2) is 6.62. The Kier molecular flexibility index (Phi) is 6.44. The van der Waals surface area contributed by atoms with E-state index in [1.807, 2.05) is 0 Å². The lowest BCUT2D eigenvalue weighted by Gasteiger charge is -2.36. The lowest BCUT2D eigenvalue weighted by Crippen LogP contribution is -3.00. The van der Waals surface area contributed by atoms with Gasteiger partial charge in [0.2, 0.25) is 0 Å². The molecule has 0 amide bonds. The molecule has 9 heteroatoms. The lowest BCUT2D eigenvalue weighted by atomic mass is 9.81. The molecular formula is C9H18ClNO7. The first-order valence-corrected chi connectivity index (χ1v) is 5.23. The minimum Gasteiger partial charge on any atom is -1.00 e. The summed E-state index contributed by atoms with van der Waals surface area (Å²) < 4.78 is 0. The van der Waals surface area contributed by atoms with Gasteiger partial charge in [-0.05, 0) is 0 Å². The standard InChI is InChI=1S/C9H17NO7.ClH/c10-3-1-2(9(16)17)4(11)6(13)8(15)7(14)5(3)12;/h2-8,11-15H,1,10H2,(H,16,17);1H/t2-,3+,4+,5-,6-,7-,8-;/m1./s1. The minimum absolute atomic E-state index is 0. The van der Waals surface area contributed by atoms with Crippen molar-refractivity contribution in [2.24, 2.45) is 5.92 Å². The van der Waals surface area contributed by atoms with Crippen molar-refractivity contribution < 1.29 is 53.6 Å². The summed E-state index contributed by atoms with van der Waals surface area (Å²) in [6.45, 7) is 0. The first-order valence-electron chi connectivity index (χ1n) is 5.23. The van der Waals surface area contributed by atoms with E-state index in [1.165, 1.54) is 0 Å². The molecule has 0 aromatic rings. The van der Waals surface area contributed by atoms with Gasteiger partial charge in [0.15, 0.2) is 0 Å². The van der Waals surface area contributed by atoms with Crippen LogP contribution in [-0.4, -0.2) is 73.2 Å². The van der Waals surface area contributed by atoms with E-state index in [-0.39, 0.29) is 18.8 Å². The summed E-state index contributed by atoms with van der Waals surface area (Å²) in [6.07, 6.45) is -8.75. The molecule has 9 N–H and O–H groups in total. The van der Waals surface area contributed by atoms with Crippen molar-refractivity contribution in [2.45, 2.75) is 43.0 Å². The van der Waals surface area contributed by atoms with Gasteiger partial charge in [-0.15, -0.1) is 0 Å². The molecule has 7 atom stereocenters. The number of quaternary nitrogens is 1. The van der Waals surface area contributed by atoms with Crippen LogP contribution >= 0.6 is 0 Å². The topological polar surface area (TPSA) is 166 Å². The molecule has 0 spiro atoms. The molecule has 1 saturated carbocycles. The van der Waals surface area contributed by atoms with Gasteiger partial charge in [0.1, 0.15) is 30.5 Å². The molecule has 0 heterocycles. The van der Waals surface area contributed by atoms with Crippen LogP contribution in [0.1, 0.15) is 6.42 Å². The third kappa shape index (κ3) is 3.29. The number of aliphatic carboxylic acids is 1. The van der Waals surface area contributed by atoms with E-state index in [9.17, 15) is 30.3 Å². The third-order valence-corrected chi connectivity index (χ3v) is 3.17. The van der Waals surface area contributed by atoms with Crippen molar-refractivity contribution in [3.8, 4) is 0 Å². The van der Waals surface area contributed by atoms with Crippen molar-refractivity contribution in [1.29, 1.82) is 0 Å². The van der Waals surface area contributed by atoms with Crippen molar-refractivity contribution in [3.63, 3.8) is 0 Å². The highest BCUT2D eigenvalue weighted by Gasteiger charge is 2.46. The lowest BCUT2D eigenvalue weighted by molar-refractivity contribution is -0.449. The van der Waals surface area contributed by atoms with E-state index in [4.69, 9.17) is 5.11 Å². The van der Waals surface area contributed by atoms with Crippen molar-refractivity contribution >= 4 is 5.97 Å². The van der Waals surface area contributed by atoms with Crippen LogP contribution in [0.5, 0.6) is 0 Å². The summed E-state index contributed by atoms with van der Waals surface area (Å²) in [5.41, 5.74) is 3.48. The van der Waals surface area contributed by atoms with E-state index in [0.29, 0.717) is 0 Å². The molecule has 0 aromatic carbocycles. The molecule has 0 aliphatic heterocycles. The summed E-state index contributed by atoms with van der Waals surface area (Å²) in [7, 11) is 0. The van der Waals surface area contributed by atoms with Gasteiger partial charge in [-0.25, -0.2) is 0 Å². The highest BCUT2D eigenvalue weighted by molar-refractivity contribution is 5.70. The molecule has 8 nitrogen and oxygen atoms in total. The monoisotopic (exact) mass is 287 g/mol. The molecular weight excluding hydrogens is 270 g/mol. The van der Waals surface area contributed by atoms with E-state index < -0.39 is 48.4 Å². The predicted molar refractivity (Wildman–Crippen MR) is 52.5 cm³/mol. The predicted octanol–water partition coefficient (Wildman–Crippen LogP) is -7.49. The summed E-state index contributed by atoms with van der Waals surface area (Å²) >= 11 is 0. The van der Waals surface area contributed by atoms with Gasteiger partial charge in [-0.3, -0.25) is 4.79 Å². The number of aliphatic hydroxyl groups excluding tert-OH is 5. The van der Waals surface area contributed by atoms with Gasteiger partial charge in [0.25, 0.3) is 0 Å². The summed E-state index contributed by atoms with van der Waals surface area (Å²) in [5.74, 6) is -2.72. The highest BCUT2D eigenvalue weighted by Crippen LogP contribution is 2.23. The average Bonchev–Trinajstić information content (AvgIpc) is 2.29. The first-order chi connectivity index (χ1) is 7.77. The second-order valence-corrected chi connectivity index (χ2v) is 4.39. The van der Waals surface area contributed by atoms with Gasteiger partial charge in [-0.2, -0.15) is 0 Å². The zero-order valence-electron chi connectivity index (χ0n) is 9.43. The van der Waals surface area contributed by atoms with Crippen molar-refractivity contribution in [1.82, 2.24) is 0 Å². The maximum Gasteiger partial charge on any atom is 0.309 e. The SMILES string of the molecule is [Cl-].[NH3+][C@H]1C[C@@H](C(=O)O)[C@H](O)[C@@H](O)[C@@H](O)[C@H](O)[C@@H]1O. The largest absolute Gasteiger partial charge is 1.00 e. The van der Waals surface area contributed by atoms with Crippen LogP contribution < -0.4 is 18.1 Å². The normalized spacial score (nSPS) is 45.6. The molecule has 1 rings (SSSR count). The summed E-state index contributed by atoms with van der Waals surface area (Å²) in [6, 6.07) is -0.872. The van der Waals surface area contributed by atoms with Crippen LogP contribution in [0.25, 0.3) is 0 Å². The zero-order valence-corrected chi connectivity index (χ0v) is 10.2. The average molecular weight is 288 g/mol. The number of carboxylic acid groups (broad SMARTS) is 1. The number of hydrogen-bond acceptors (Lipinski definition) is 6. The first kappa shape index (κ1) is 17.5. The van der Waals surface area contributed by atoms with Gasteiger partial charge in [-0.1, -0.05) is 0 Å². The fourth-order valence-electron chi connectivity index (χ4n) is 1.97. The molecule has 0 bridgehead atoms. The van der Waals surface area contributed by atoms with Crippen LogP contribution in [-0.2, 0) is 4.79 Å². The molecule has 0 radical (unpaired) electrons. The fourth-order valence-corrected chi connectivity index (χ4v) is 1.97. The minimum atomic E-state index is -1.84. The van der Waals surface area contributed by atoms with Gasteiger partial charge in [0, 0.05) is 6.42 Å². The maximum atomic E-state index is 10.9. The van der Waals surface area contributed by atoms with Crippen LogP contribution in [0.4, 0.5) is 0 Å². The Labute approximate surface area is 109 Å². The zero-order chi connectivity index (χ0) is 13.3. The Morgan fingerprint density at radius 3 is 1.72 bits per heavy atom. The van der Waals surface area contributed by atoms with Crippen LogP contribution in [0, 0.1) is 5.92 Å². The fraction of sp³-hybridized carbons (Fsp3) is 0.889. The van der Waals surface area contributed by atoms with Crippen LogP contribution in [0.3, 0.4) is 0 Å². The maximum absolute atomic E-state index is 10.9. The number of rotatable bonds is 1. The van der Waals surface area contributed by atoms with Crippen LogP contribution in [0.15, 0.2) is 0 Å². The number of aliphatic hydroxyl groups is 5. The van der Waals surface area contributed by atoms with Crippen LogP contribution in [0.2, 0.25) is 0 Å². The summed E-state index contributed by atoms with van der Waals surface area (Å²) in [4.78, 5) is 10.9. The Bertz CT molecular complexity index is 292. The number of halogens is 1. The number of carbonyl (C=O) groups is 1. The van der Waals surface area contributed by atoms with Crippen molar-refractivity contribution in [2.75, 3.05) is 0 Å². The summed E-state index contributed by atoms with van der Waals surface area (Å²) in [5, 5.41) is 56.5. The van der Waals surface area contributed by atoms with Gasteiger partial charge < -0.3 is 48.8 Å². The second-order valence-electron chi connectivity index (χ2n) is 4.39. The number of hydrogen-bond donors (Lipinski definition) is 7. The quantitative estimate of drug-likeness (QED) is 0.251. The molecule has 0 aromatic heterocycles. The van der Waals surface area contributed by atoms with E-state index in [0.717, 1.165) is 0 Å². The van der Waals surface area contributed by atoms with E-state index in [2.05, 4.69) is 5.73 Å². The van der Waals surface area contributed by atoms with E-state index in [1.54, 1.807) is 0 Å². The molecule has 1 fully saturated rings. The Balaban J connectivity index is 0.00000289. The van der Waals surface area contributed by atoms with Crippen molar-refractivity contribution in [3.05, 3.63) is 0 Å². The third-order valence-electron chi connectivity index (χ3n) is 3.17. The number of carboxylic acids is 1. The smallest absolute Gasteiger partial charge is 0.309 e. The Morgan fingerprint density at radius 2 is 1.28 bits per heavy atom. The van der Waals surface area contributed by atoms with Gasteiger partial charge >= 0.3 is 5.97 Å². The highest BCUT2D eigenvalue weighted by atomic mass is 35.5. The molecule has 0 unspecified atom stereocenters. The molecule has 108 valence electrons. The molecule has 0 saturated heterocycles. The van der Waals surface area contributed by atoms with Gasteiger partial charge in [0.05, 0.1) is 12.0 Å².